The highest BCUT2D eigenvalue weighted by Crippen LogP contribution is 2.16. The van der Waals surface area contributed by atoms with Gasteiger partial charge in [-0.15, -0.1) is 0 Å². The van der Waals surface area contributed by atoms with Crippen molar-refractivity contribution >= 4 is 10.0 Å². The average molecular weight is 298 g/mol. The lowest BCUT2D eigenvalue weighted by atomic mass is 10.4. The Labute approximate surface area is 118 Å². The molecule has 1 N–H and O–H groups in total. The van der Waals surface area contributed by atoms with Crippen LogP contribution in [0.25, 0.3) is 0 Å². The number of rotatable bonds is 7. The zero-order valence-corrected chi connectivity index (χ0v) is 12.3. The highest BCUT2D eigenvalue weighted by Gasteiger charge is 2.23. The summed E-state index contributed by atoms with van der Waals surface area (Å²) in [5, 5.41) is 7.03. The van der Waals surface area contributed by atoms with E-state index in [0.29, 0.717) is 12.3 Å². The molecule has 20 heavy (non-hydrogen) atoms. The molecule has 0 saturated heterocycles. The molecule has 0 unspecified atom stereocenters. The lowest BCUT2D eigenvalue weighted by molar-refractivity contribution is 0.406. The minimum Gasteiger partial charge on any atom is -0.468 e. The van der Waals surface area contributed by atoms with Gasteiger partial charge in [0.2, 0.25) is 10.0 Å². The van der Waals surface area contributed by atoms with Gasteiger partial charge in [-0.3, -0.25) is 4.68 Å². The molecule has 0 spiro atoms. The van der Waals surface area contributed by atoms with E-state index in [-0.39, 0.29) is 11.4 Å². The lowest BCUT2D eigenvalue weighted by Gasteiger charge is -2.14. The number of aromatic nitrogens is 2. The van der Waals surface area contributed by atoms with Crippen molar-refractivity contribution in [2.75, 3.05) is 20.6 Å². The predicted molar refractivity (Wildman–Crippen MR) is 73.5 cm³/mol. The Morgan fingerprint density at radius 2 is 2.30 bits per heavy atom. The first-order valence-corrected chi connectivity index (χ1v) is 7.64. The Hall–Kier alpha value is -1.64. The molecule has 8 heteroatoms. The molecule has 0 saturated carbocycles. The van der Waals surface area contributed by atoms with Crippen LogP contribution in [0.15, 0.2) is 40.1 Å². The van der Waals surface area contributed by atoms with Crippen LogP contribution in [-0.4, -0.2) is 43.1 Å². The third-order valence-electron chi connectivity index (χ3n) is 2.87. The van der Waals surface area contributed by atoms with Crippen LogP contribution in [0.5, 0.6) is 0 Å². The highest BCUT2D eigenvalue weighted by molar-refractivity contribution is 7.89. The van der Waals surface area contributed by atoms with Gasteiger partial charge < -0.3 is 9.73 Å². The second-order valence-electron chi connectivity index (χ2n) is 4.38. The van der Waals surface area contributed by atoms with Crippen molar-refractivity contribution in [2.24, 2.45) is 0 Å². The summed E-state index contributed by atoms with van der Waals surface area (Å²) in [6.07, 6.45) is 4.42. The van der Waals surface area contributed by atoms with Crippen molar-refractivity contribution in [2.45, 2.75) is 18.0 Å². The first-order valence-electron chi connectivity index (χ1n) is 6.20. The summed E-state index contributed by atoms with van der Waals surface area (Å²) in [4.78, 5) is 0.183. The van der Waals surface area contributed by atoms with Crippen molar-refractivity contribution in [3.63, 3.8) is 0 Å². The molecule has 2 heterocycles. The number of nitrogens with one attached hydrogen (secondary N) is 1. The van der Waals surface area contributed by atoms with Crippen molar-refractivity contribution in [3.05, 3.63) is 36.5 Å². The van der Waals surface area contributed by atoms with Crippen LogP contribution in [0.2, 0.25) is 0 Å². The van der Waals surface area contributed by atoms with Gasteiger partial charge in [-0.25, -0.2) is 8.42 Å². The normalized spacial score (nSPS) is 12.2. The SMILES string of the molecule is CNCCn1cc(S(=O)(=O)N(C)Cc2ccco2)cn1. The van der Waals surface area contributed by atoms with Gasteiger partial charge in [-0.1, -0.05) is 0 Å². The van der Waals surface area contributed by atoms with E-state index in [9.17, 15) is 8.42 Å². The van der Waals surface area contributed by atoms with Gasteiger partial charge in [0.25, 0.3) is 0 Å². The molecular weight excluding hydrogens is 280 g/mol. The molecule has 0 bridgehead atoms. The van der Waals surface area contributed by atoms with Crippen molar-refractivity contribution in [3.8, 4) is 0 Å². The van der Waals surface area contributed by atoms with E-state index < -0.39 is 10.0 Å². The van der Waals surface area contributed by atoms with E-state index in [2.05, 4.69) is 10.4 Å². The number of hydrogen-bond acceptors (Lipinski definition) is 5. The lowest BCUT2D eigenvalue weighted by Crippen LogP contribution is -2.26. The molecule has 7 nitrogen and oxygen atoms in total. The summed E-state index contributed by atoms with van der Waals surface area (Å²) in [5.74, 6) is 0.596. The minimum absolute atomic E-state index is 0.183. The van der Waals surface area contributed by atoms with Gasteiger partial charge >= 0.3 is 0 Å². The standard InChI is InChI=1S/C12H18N4O3S/c1-13-5-6-16-10-12(8-14-16)20(17,18)15(2)9-11-4-3-7-19-11/h3-4,7-8,10,13H,5-6,9H2,1-2H3. The molecule has 0 fully saturated rings. The zero-order chi connectivity index (χ0) is 14.6. The van der Waals surface area contributed by atoms with Crippen molar-refractivity contribution in [1.29, 1.82) is 0 Å². The number of sulfonamides is 1. The number of likely N-dealkylation sites (N-methyl/N-ethyl adjacent to an activating group) is 1. The molecule has 2 rings (SSSR count). The van der Waals surface area contributed by atoms with E-state index in [1.807, 2.05) is 7.05 Å². The van der Waals surface area contributed by atoms with Crippen LogP contribution in [0.3, 0.4) is 0 Å². The molecular formula is C12H18N4O3S. The van der Waals surface area contributed by atoms with Crippen LogP contribution < -0.4 is 5.32 Å². The van der Waals surface area contributed by atoms with Crippen LogP contribution in [-0.2, 0) is 23.1 Å². The van der Waals surface area contributed by atoms with E-state index >= 15 is 0 Å². The Morgan fingerprint density at radius 1 is 1.50 bits per heavy atom. The molecule has 0 aliphatic carbocycles. The van der Waals surface area contributed by atoms with E-state index in [1.165, 1.54) is 30.0 Å². The molecule has 2 aromatic rings. The fourth-order valence-corrected chi connectivity index (χ4v) is 2.81. The molecule has 0 amide bonds. The van der Waals surface area contributed by atoms with Gasteiger partial charge in [0, 0.05) is 19.8 Å². The van der Waals surface area contributed by atoms with Gasteiger partial charge in [-0.2, -0.15) is 9.40 Å². The number of furan rings is 1. The summed E-state index contributed by atoms with van der Waals surface area (Å²) in [6.45, 7) is 1.54. The quantitative estimate of drug-likeness (QED) is 0.806. The predicted octanol–water partition coefficient (Wildman–Crippen LogP) is 0.516. The molecule has 2 aromatic heterocycles. The van der Waals surface area contributed by atoms with Crippen molar-refractivity contribution in [1.82, 2.24) is 19.4 Å². The van der Waals surface area contributed by atoms with Crippen LogP contribution in [0.1, 0.15) is 5.76 Å². The monoisotopic (exact) mass is 298 g/mol. The summed E-state index contributed by atoms with van der Waals surface area (Å²) >= 11 is 0. The second-order valence-corrected chi connectivity index (χ2v) is 6.43. The van der Waals surface area contributed by atoms with E-state index in [1.54, 1.807) is 16.8 Å². The summed E-state index contributed by atoms with van der Waals surface area (Å²) in [5.41, 5.74) is 0. The highest BCUT2D eigenvalue weighted by atomic mass is 32.2. The van der Waals surface area contributed by atoms with Gasteiger partial charge in [0.15, 0.2) is 0 Å². The van der Waals surface area contributed by atoms with Crippen LogP contribution >= 0.6 is 0 Å². The fourth-order valence-electron chi connectivity index (χ4n) is 1.71. The Bertz CT molecular complexity index is 633. The molecule has 0 aliphatic rings. The van der Waals surface area contributed by atoms with E-state index in [4.69, 9.17) is 4.42 Å². The largest absolute Gasteiger partial charge is 0.468 e. The van der Waals surface area contributed by atoms with Crippen LogP contribution in [0.4, 0.5) is 0 Å². The maximum Gasteiger partial charge on any atom is 0.246 e. The van der Waals surface area contributed by atoms with Crippen LogP contribution in [0, 0.1) is 0 Å². The first-order chi connectivity index (χ1) is 9.54. The summed E-state index contributed by atoms with van der Waals surface area (Å²) in [7, 11) is -0.201. The Balaban J connectivity index is 2.10. The molecule has 0 radical (unpaired) electrons. The number of hydrogen-bond donors (Lipinski definition) is 1. The molecule has 110 valence electrons. The third kappa shape index (κ3) is 3.27. The zero-order valence-electron chi connectivity index (χ0n) is 11.5. The van der Waals surface area contributed by atoms with E-state index in [0.717, 1.165) is 6.54 Å². The second kappa shape index (κ2) is 6.21. The molecule has 0 atom stereocenters. The Morgan fingerprint density at radius 3 is 2.95 bits per heavy atom. The maximum atomic E-state index is 12.4. The van der Waals surface area contributed by atoms with Gasteiger partial charge in [0.1, 0.15) is 10.7 Å². The minimum atomic E-state index is -3.55. The van der Waals surface area contributed by atoms with Gasteiger partial charge in [-0.05, 0) is 19.2 Å². The molecule has 0 aliphatic heterocycles. The summed E-state index contributed by atoms with van der Waals surface area (Å²) in [6, 6.07) is 3.47. The third-order valence-corrected chi connectivity index (χ3v) is 4.62. The fraction of sp³-hybridized carbons (Fsp3) is 0.417. The maximum absolute atomic E-state index is 12.4. The first kappa shape index (κ1) is 14.8. The van der Waals surface area contributed by atoms with Crippen molar-refractivity contribution < 1.29 is 12.8 Å². The molecule has 0 aromatic carbocycles. The Kier molecular flexibility index (Phi) is 4.58. The average Bonchev–Trinajstić information content (AvgIpc) is 3.07. The number of nitrogens with zero attached hydrogens (tertiary/aromatic N) is 3. The summed E-state index contributed by atoms with van der Waals surface area (Å²) < 4.78 is 32.7. The smallest absolute Gasteiger partial charge is 0.246 e. The van der Waals surface area contributed by atoms with Gasteiger partial charge in [0.05, 0.1) is 25.5 Å². The topological polar surface area (TPSA) is 80.4 Å².